The zero-order valence-electron chi connectivity index (χ0n) is 11.3. The first-order valence-corrected chi connectivity index (χ1v) is 8.15. The van der Waals surface area contributed by atoms with Gasteiger partial charge in [0, 0.05) is 21.9 Å². The Bertz CT molecular complexity index is 329. The minimum Gasteiger partial charge on any atom is -0.314 e. The van der Waals surface area contributed by atoms with Gasteiger partial charge >= 0.3 is 0 Å². The molecule has 0 saturated carbocycles. The number of rotatable bonds is 7. The van der Waals surface area contributed by atoms with Gasteiger partial charge in [0.15, 0.2) is 0 Å². The van der Waals surface area contributed by atoms with Crippen molar-refractivity contribution in [2.75, 3.05) is 6.54 Å². The second-order valence-corrected chi connectivity index (χ2v) is 6.97. The van der Waals surface area contributed by atoms with Crippen LogP contribution < -0.4 is 5.32 Å². The highest BCUT2D eigenvalue weighted by Gasteiger charge is 2.27. The molecule has 0 aliphatic heterocycles. The number of hydrogen-bond acceptors (Lipinski definition) is 2. The van der Waals surface area contributed by atoms with Gasteiger partial charge in [0.05, 0.1) is 0 Å². The highest BCUT2D eigenvalue weighted by atomic mass is 79.9. The van der Waals surface area contributed by atoms with Crippen LogP contribution in [0, 0.1) is 5.41 Å². The minimum atomic E-state index is 0.400. The maximum atomic E-state index is 3.65. The topological polar surface area (TPSA) is 12.0 Å². The molecule has 0 aromatic carbocycles. The molecule has 98 valence electrons. The molecular weight excluding hydrogens is 294 g/mol. The van der Waals surface area contributed by atoms with E-state index in [1.807, 2.05) is 11.3 Å². The maximum absolute atomic E-state index is 3.65. The highest BCUT2D eigenvalue weighted by Crippen LogP contribution is 2.35. The first-order chi connectivity index (χ1) is 8.03. The Morgan fingerprint density at radius 3 is 2.41 bits per heavy atom. The Balaban J connectivity index is 2.73. The second kappa shape index (κ2) is 6.91. The zero-order chi connectivity index (χ0) is 12.9. The largest absolute Gasteiger partial charge is 0.314 e. The average Bonchev–Trinajstić information content (AvgIpc) is 2.70. The van der Waals surface area contributed by atoms with Crippen LogP contribution in [0.25, 0.3) is 0 Å². The Kier molecular flexibility index (Phi) is 6.18. The van der Waals surface area contributed by atoms with Crippen LogP contribution in [-0.4, -0.2) is 12.6 Å². The third kappa shape index (κ3) is 4.38. The summed E-state index contributed by atoms with van der Waals surface area (Å²) in [7, 11) is 0. The van der Waals surface area contributed by atoms with Crippen molar-refractivity contribution in [2.24, 2.45) is 5.41 Å². The number of thiophene rings is 1. The summed E-state index contributed by atoms with van der Waals surface area (Å²) in [6.45, 7) is 10.2. The quantitative estimate of drug-likeness (QED) is 0.757. The lowest BCUT2D eigenvalue weighted by atomic mass is 9.78. The lowest BCUT2D eigenvalue weighted by Crippen LogP contribution is -2.38. The minimum absolute atomic E-state index is 0.400. The summed E-state index contributed by atoms with van der Waals surface area (Å²) in [4.78, 5) is 1.49. The van der Waals surface area contributed by atoms with Gasteiger partial charge in [-0.25, -0.2) is 0 Å². The van der Waals surface area contributed by atoms with Crippen LogP contribution in [-0.2, 0) is 6.42 Å². The van der Waals surface area contributed by atoms with Gasteiger partial charge in [-0.1, -0.05) is 27.7 Å². The van der Waals surface area contributed by atoms with E-state index in [2.05, 4.69) is 60.4 Å². The zero-order valence-corrected chi connectivity index (χ0v) is 13.7. The van der Waals surface area contributed by atoms with E-state index in [1.54, 1.807) is 0 Å². The molecule has 0 aliphatic carbocycles. The lowest BCUT2D eigenvalue weighted by molar-refractivity contribution is 0.241. The van der Waals surface area contributed by atoms with E-state index in [-0.39, 0.29) is 0 Å². The fourth-order valence-electron chi connectivity index (χ4n) is 2.02. The SMILES string of the molecule is CCC(CC)(CNC(C)C)Cc1sccc1Br. The molecule has 1 heterocycles. The molecule has 0 saturated heterocycles. The first kappa shape index (κ1) is 15.2. The van der Waals surface area contributed by atoms with Crippen LogP contribution in [0.3, 0.4) is 0 Å². The van der Waals surface area contributed by atoms with E-state index in [4.69, 9.17) is 0 Å². The third-order valence-electron chi connectivity index (χ3n) is 3.61. The molecule has 0 aliphatic rings. The molecule has 0 bridgehead atoms. The summed E-state index contributed by atoms with van der Waals surface area (Å²) in [6.07, 6.45) is 3.64. The average molecular weight is 318 g/mol. The predicted octanol–water partition coefficient (Wildman–Crippen LogP) is 4.86. The third-order valence-corrected chi connectivity index (χ3v) is 5.54. The number of halogens is 1. The summed E-state index contributed by atoms with van der Waals surface area (Å²) in [6, 6.07) is 2.73. The molecule has 1 aromatic heterocycles. The van der Waals surface area contributed by atoms with Crippen molar-refractivity contribution >= 4 is 27.3 Å². The van der Waals surface area contributed by atoms with Crippen molar-refractivity contribution in [3.05, 3.63) is 20.8 Å². The van der Waals surface area contributed by atoms with Crippen molar-refractivity contribution in [3.8, 4) is 0 Å². The van der Waals surface area contributed by atoms with Gasteiger partial charge in [-0.15, -0.1) is 11.3 Å². The van der Waals surface area contributed by atoms with Crippen LogP contribution in [0.1, 0.15) is 45.4 Å². The molecule has 0 amide bonds. The summed E-state index contributed by atoms with van der Waals surface area (Å²) >= 11 is 5.51. The predicted molar refractivity (Wildman–Crippen MR) is 81.9 cm³/mol. The normalized spacial score (nSPS) is 12.4. The number of hydrogen-bond donors (Lipinski definition) is 1. The van der Waals surface area contributed by atoms with Crippen LogP contribution >= 0.6 is 27.3 Å². The monoisotopic (exact) mass is 317 g/mol. The fraction of sp³-hybridized carbons (Fsp3) is 0.714. The van der Waals surface area contributed by atoms with Crippen molar-refractivity contribution < 1.29 is 0 Å². The summed E-state index contributed by atoms with van der Waals surface area (Å²) < 4.78 is 1.28. The van der Waals surface area contributed by atoms with Gasteiger partial charge in [0.25, 0.3) is 0 Å². The molecular formula is C14H24BrNS. The van der Waals surface area contributed by atoms with Gasteiger partial charge in [-0.2, -0.15) is 0 Å². The van der Waals surface area contributed by atoms with Gasteiger partial charge in [-0.05, 0) is 52.1 Å². The van der Waals surface area contributed by atoms with Crippen molar-refractivity contribution in [1.29, 1.82) is 0 Å². The lowest BCUT2D eigenvalue weighted by Gasteiger charge is -2.33. The van der Waals surface area contributed by atoms with Gasteiger partial charge in [0.1, 0.15) is 0 Å². The smallest absolute Gasteiger partial charge is 0.0314 e. The Morgan fingerprint density at radius 2 is 2.00 bits per heavy atom. The molecule has 1 rings (SSSR count). The van der Waals surface area contributed by atoms with E-state index in [0.717, 1.165) is 6.54 Å². The van der Waals surface area contributed by atoms with Gasteiger partial charge in [-0.3, -0.25) is 0 Å². The molecule has 0 fully saturated rings. The van der Waals surface area contributed by atoms with Crippen molar-refractivity contribution in [3.63, 3.8) is 0 Å². The summed E-state index contributed by atoms with van der Waals surface area (Å²) in [5.41, 5.74) is 0.400. The van der Waals surface area contributed by atoms with Crippen molar-refractivity contribution in [1.82, 2.24) is 5.32 Å². The van der Waals surface area contributed by atoms with Gasteiger partial charge < -0.3 is 5.32 Å². The first-order valence-electron chi connectivity index (χ1n) is 6.48. The standard InChI is InChI=1S/C14H24BrNS/c1-5-14(6-2,10-16-11(3)4)9-13-12(15)7-8-17-13/h7-8,11,16H,5-6,9-10H2,1-4H3. The van der Waals surface area contributed by atoms with E-state index in [0.29, 0.717) is 11.5 Å². The molecule has 1 aromatic rings. The summed E-state index contributed by atoms with van der Waals surface area (Å²) in [5, 5.41) is 5.78. The summed E-state index contributed by atoms with van der Waals surface area (Å²) in [5.74, 6) is 0. The molecule has 17 heavy (non-hydrogen) atoms. The maximum Gasteiger partial charge on any atom is 0.0314 e. The van der Waals surface area contributed by atoms with Crippen LogP contribution in [0.2, 0.25) is 0 Å². The van der Waals surface area contributed by atoms with Crippen LogP contribution in [0.15, 0.2) is 15.9 Å². The van der Waals surface area contributed by atoms with Gasteiger partial charge in [0.2, 0.25) is 0 Å². The van der Waals surface area contributed by atoms with Crippen LogP contribution in [0.4, 0.5) is 0 Å². The molecule has 0 atom stereocenters. The van der Waals surface area contributed by atoms with Crippen LogP contribution in [0.5, 0.6) is 0 Å². The Hall–Kier alpha value is 0.140. The molecule has 0 radical (unpaired) electrons. The number of nitrogens with one attached hydrogen (secondary N) is 1. The molecule has 0 unspecified atom stereocenters. The molecule has 0 spiro atoms. The van der Waals surface area contributed by atoms with E-state index < -0.39 is 0 Å². The van der Waals surface area contributed by atoms with E-state index in [1.165, 1.54) is 28.6 Å². The Labute approximate surface area is 118 Å². The van der Waals surface area contributed by atoms with E-state index >= 15 is 0 Å². The highest BCUT2D eigenvalue weighted by molar-refractivity contribution is 9.10. The molecule has 1 nitrogen and oxygen atoms in total. The fourth-order valence-corrected chi connectivity index (χ4v) is 3.69. The Morgan fingerprint density at radius 1 is 1.35 bits per heavy atom. The van der Waals surface area contributed by atoms with E-state index in [9.17, 15) is 0 Å². The second-order valence-electron chi connectivity index (χ2n) is 5.11. The molecule has 1 N–H and O–H groups in total. The van der Waals surface area contributed by atoms with Crippen molar-refractivity contribution in [2.45, 2.75) is 53.0 Å². The molecule has 3 heteroatoms.